The van der Waals surface area contributed by atoms with Crippen LogP contribution in [0.1, 0.15) is 36.4 Å². The topological polar surface area (TPSA) is 101 Å². The lowest BCUT2D eigenvalue weighted by atomic mass is 9.90. The van der Waals surface area contributed by atoms with Crippen molar-refractivity contribution in [3.05, 3.63) is 44.8 Å². The molecular weight excluding hydrogens is 340 g/mol. The van der Waals surface area contributed by atoms with E-state index in [1.807, 2.05) is 5.38 Å². The number of hydrogen-bond acceptors (Lipinski definition) is 6. The maximum atomic E-state index is 12.5. The normalized spacial score (nSPS) is 17.3. The van der Waals surface area contributed by atoms with Gasteiger partial charge in [0.25, 0.3) is 0 Å². The van der Waals surface area contributed by atoms with Gasteiger partial charge in [0.1, 0.15) is 34.7 Å². The number of benzene rings is 1. The summed E-state index contributed by atoms with van der Waals surface area (Å²) in [4.78, 5) is 31.8. The standard InChI is InChI=1S/C17H16N4O3S/c1-8(18)13(9(2)22)10-3-4-11-14-15(10)24-7-12(16-19-5-6-25-16)21(14)17(23)20-11/h3-6,12-13,18H,7H2,1-2H3,(H,20,23). The van der Waals surface area contributed by atoms with E-state index in [4.69, 9.17) is 10.1 Å². The van der Waals surface area contributed by atoms with Crippen LogP contribution >= 0.6 is 11.3 Å². The van der Waals surface area contributed by atoms with Crippen LogP contribution in [0, 0.1) is 5.41 Å². The van der Waals surface area contributed by atoms with Crippen molar-refractivity contribution in [2.75, 3.05) is 6.61 Å². The predicted octanol–water partition coefficient (Wildman–Crippen LogP) is 2.48. The monoisotopic (exact) mass is 356 g/mol. The Morgan fingerprint density at radius 3 is 2.92 bits per heavy atom. The number of ketones is 1. The molecule has 1 aliphatic rings. The number of nitrogens with one attached hydrogen (secondary N) is 2. The molecule has 0 fully saturated rings. The molecule has 3 aromatic rings. The average Bonchev–Trinajstić information content (AvgIpc) is 3.19. The molecule has 0 saturated carbocycles. The zero-order chi connectivity index (χ0) is 17.7. The SMILES string of the molecule is CC(=N)C(C(C)=O)c1ccc2[nH]c(=O)n3c2c1OCC3c1nccs1. The lowest BCUT2D eigenvalue weighted by Gasteiger charge is -2.27. The molecule has 3 heterocycles. The van der Waals surface area contributed by atoms with Crippen LogP contribution in [0.15, 0.2) is 28.5 Å². The summed E-state index contributed by atoms with van der Waals surface area (Å²) in [5.41, 5.74) is 1.91. The number of ether oxygens (including phenoxy) is 1. The van der Waals surface area contributed by atoms with Crippen LogP contribution in [0.25, 0.3) is 11.0 Å². The summed E-state index contributed by atoms with van der Waals surface area (Å²) >= 11 is 1.47. The second-order valence-electron chi connectivity index (χ2n) is 6.10. The molecule has 2 atom stereocenters. The summed E-state index contributed by atoms with van der Waals surface area (Å²) in [6, 6.07) is 3.21. The lowest BCUT2D eigenvalue weighted by molar-refractivity contribution is -0.117. The Labute approximate surface area is 146 Å². The van der Waals surface area contributed by atoms with E-state index in [0.717, 1.165) is 5.01 Å². The van der Waals surface area contributed by atoms with Gasteiger partial charge in [0.05, 0.1) is 11.4 Å². The van der Waals surface area contributed by atoms with E-state index in [2.05, 4.69) is 9.97 Å². The molecule has 0 amide bonds. The minimum Gasteiger partial charge on any atom is -0.488 e. The van der Waals surface area contributed by atoms with Gasteiger partial charge in [-0.1, -0.05) is 6.07 Å². The minimum atomic E-state index is -0.672. The van der Waals surface area contributed by atoms with Crippen LogP contribution in [0.2, 0.25) is 0 Å². The summed E-state index contributed by atoms with van der Waals surface area (Å²) in [6.07, 6.45) is 1.70. The fourth-order valence-electron chi connectivity index (χ4n) is 3.45. The summed E-state index contributed by atoms with van der Waals surface area (Å²) in [5.74, 6) is -0.303. The van der Waals surface area contributed by atoms with Crippen molar-refractivity contribution in [3.63, 3.8) is 0 Å². The Hall–Kier alpha value is -2.74. The number of aromatic nitrogens is 3. The highest BCUT2D eigenvalue weighted by molar-refractivity contribution is 7.09. The largest absolute Gasteiger partial charge is 0.488 e. The van der Waals surface area contributed by atoms with Crippen LogP contribution < -0.4 is 10.4 Å². The predicted molar refractivity (Wildman–Crippen MR) is 95.1 cm³/mol. The van der Waals surface area contributed by atoms with Crippen molar-refractivity contribution in [1.82, 2.24) is 14.5 Å². The third-order valence-corrected chi connectivity index (χ3v) is 5.32. The molecule has 0 radical (unpaired) electrons. The Bertz CT molecular complexity index is 1030. The van der Waals surface area contributed by atoms with Crippen LogP contribution in [-0.2, 0) is 4.79 Å². The van der Waals surface area contributed by atoms with Gasteiger partial charge in [0.15, 0.2) is 0 Å². The fourth-order valence-corrected chi connectivity index (χ4v) is 4.17. The minimum absolute atomic E-state index is 0.127. The van der Waals surface area contributed by atoms with Gasteiger partial charge in [-0.3, -0.25) is 9.36 Å². The molecule has 2 N–H and O–H groups in total. The molecule has 0 bridgehead atoms. The Morgan fingerprint density at radius 2 is 2.28 bits per heavy atom. The number of carbonyl (C=O) groups is 1. The summed E-state index contributed by atoms with van der Waals surface area (Å²) < 4.78 is 7.64. The number of Topliss-reactive ketones (excluding diaryl/α,β-unsaturated/α-hetero) is 1. The van der Waals surface area contributed by atoms with E-state index in [1.165, 1.54) is 18.3 Å². The number of hydrogen-bond donors (Lipinski definition) is 2. The third kappa shape index (κ3) is 2.32. The second-order valence-corrected chi connectivity index (χ2v) is 7.03. The van der Waals surface area contributed by atoms with E-state index in [9.17, 15) is 9.59 Å². The first-order chi connectivity index (χ1) is 12.0. The highest BCUT2D eigenvalue weighted by Crippen LogP contribution is 2.40. The molecule has 1 aliphatic heterocycles. The molecule has 2 aromatic heterocycles. The molecule has 2 unspecified atom stereocenters. The van der Waals surface area contributed by atoms with Gasteiger partial charge in [-0.05, 0) is 19.9 Å². The molecule has 4 rings (SSSR count). The maximum Gasteiger partial charge on any atom is 0.327 e. The van der Waals surface area contributed by atoms with Gasteiger partial charge in [-0.2, -0.15) is 0 Å². The van der Waals surface area contributed by atoms with Crippen molar-refractivity contribution in [3.8, 4) is 5.75 Å². The van der Waals surface area contributed by atoms with Gasteiger partial charge < -0.3 is 15.1 Å². The molecular formula is C17H16N4O3S. The second kappa shape index (κ2) is 5.66. The molecule has 0 saturated heterocycles. The van der Waals surface area contributed by atoms with Crippen molar-refractivity contribution >= 4 is 33.9 Å². The maximum absolute atomic E-state index is 12.5. The van der Waals surface area contributed by atoms with Crippen molar-refractivity contribution < 1.29 is 9.53 Å². The van der Waals surface area contributed by atoms with Crippen molar-refractivity contribution in [2.45, 2.75) is 25.8 Å². The van der Waals surface area contributed by atoms with Gasteiger partial charge in [0, 0.05) is 22.9 Å². The molecule has 25 heavy (non-hydrogen) atoms. The van der Waals surface area contributed by atoms with Crippen LogP contribution in [0.4, 0.5) is 0 Å². The Kier molecular flexibility index (Phi) is 3.57. The van der Waals surface area contributed by atoms with Gasteiger partial charge in [-0.25, -0.2) is 9.78 Å². The first-order valence-corrected chi connectivity index (χ1v) is 8.71. The average molecular weight is 356 g/mol. The lowest BCUT2D eigenvalue weighted by Crippen LogP contribution is -2.31. The van der Waals surface area contributed by atoms with Gasteiger partial charge >= 0.3 is 5.69 Å². The zero-order valence-electron chi connectivity index (χ0n) is 13.7. The van der Waals surface area contributed by atoms with Gasteiger partial charge in [-0.15, -0.1) is 11.3 Å². The Morgan fingerprint density at radius 1 is 1.48 bits per heavy atom. The highest BCUT2D eigenvalue weighted by Gasteiger charge is 2.33. The van der Waals surface area contributed by atoms with E-state index in [-0.39, 0.29) is 29.8 Å². The molecule has 8 heteroatoms. The van der Waals surface area contributed by atoms with E-state index >= 15 is 0 Å². The summed E-state index contributed by atoms with van der Waals surface area (Å²) in [5, 5.41) is 10.6. The fraction of sp³-hybridized carbons (Fsp3) is 0.294. The number of rotatable bonds is 4. The Balaban J connectivity index is 2.00. The number of thiazole rings is 1. The zero-order valence-corrected chi connectivity index (χ0v) is 14.5. The first-order valence-electron chi connectivity index (χ1n) is 7.84. The van der Waals surface area contributed by atoms with Crippen molar-refractivity contribution in [1.29, 1.82) is 5.41 Å². The summed E-state index contributed by atoms with van der Waals surface area (Å²) in [6.45, 7) is 3.32. The number of imidazole rings is 1. The van der Waals surface area contributed by atoms with Gasteiger partial charge in [0.2, 0.25) is 0 Å². The number of aromatic amines is 1. The van der Waals surface area contributed by atoms with E-state index in [1.54, 1.807) is 29.8 Å². The van der Waals surface area contributed by atoms with E-state index in [0.29, 0.717) is 22.3 Å². The number of carbonyl (C=O) groups excluding carboxylic acids is 1. The third-order valence-electron chi connectivity index (χ3n) is 4.45. The van der Waals surface area contributed by atoms with Crippen molar-refractivity contribution in [2.24, 2.45) is 0 Å². The van der Waals surface area contributed by atoms with Crippen LogP contribution in [0.5, 0.6) is 5.75 Å². The highest BCUT2D eigenvalue weighted by atomic mass is 32.1. The smallest absolute Gasteiger partial charge is 0.327 e. The number of nitrogens with zero attached hydrogens (tertiary/aromatic N) is 2. The molecule has 0 aliphatic carbocycles. The summed E-state index contributed by atoms with van der Waals surface area (Å²) in [7, 11) is 0. The number of H-pyrrole nitrogens is 1. The molecule has 0 spiro atoms. The quantitative estimate of drug-likeness (QED) is 0.701. The van der Waals surface area contributed by atoms with Crippen LogP contribution in [0.3, 0.4) is 0 Å². The van der Waals surface area contributed by atoms with E-state index < -0.39 is 5.92 Å². The molecule has 1 aromatic carbocycles. The molecule has 128 valence electrons. The molecule has 7 nitrogen and oxygen atoms in total. The van der Waals surface area contributed by atoms with Crippen LogP contribution in [-0.4, -0.2) is 32.6 Å². The first kappa shape index (κ1) is 15.8.